The second kappa shape index (κ2) is 9.30. The summed E-state index contributed by atoms with van der Waals surface area (Å²) in [7, 11) is 0. The number of ether oxygens (including phenoxy) is 1. The Bertz CT molecular complexity index is 542. The molecule has 0 aliphatic heterocycles. The lowest BCUT2D eigenvalue weighted by atomic mass is 9.96. The van der Waals surface area contributed by atoms with Crippen molar-refractivity contribution in [1.29, 1.82) is 0 Å². The van der Waals surface area contributed by atoms with E-state index in [4.69, 9.17) is 4.74 Å². The summed E-state index contributed by atoms with van der Waals surface area (Å²) in [5.41, 5.74) is 1.80. The fraction of sp³-hybridized carbons (Fsp3) is 0.579. The minimum atomic E-state index is -0.408. The van der Waals surface area contributed by atoms with Gasteiger partial charge in [0.2, 0.25) is 11.8 Å². The summed E-state index contributed by atoms with van der Waals surface area (Å²) < 4.78 is 5.78. The van der Waals surface area contributed by atoms with Crippen LogP contribution in [0.1, 0.15) is 44.7 Å². The molecule has 1 aromatic carbocycles. The van der Waals surface area contributed by atoms with E-state index in [1.165, 1.54) is 0 Å². The SMILES string of the molecule is Cc1cccc(C)c1OCCCC(=O)NCCNC(=O)C(C)(C)C. The average molecular weight is 334 g/mol. The molecule has 0 aliphatic rings. The van der Waals surface area contributed by atoms with Crippen LogP contribution in [-0.2, 0) is 9.59 Å². The topological polar surface area (TPSA) is 67.4 Å². The van der Waals surface area contributed by atoms with E-state index in [-0.39, 0.29) is 11.8 Å². The third-order valence-corrected chi connectivity index (χ3v) is 3.62. The standard InChI is InChI=1S/C19H30N2O3/c1-14-8-6-9-15(2)17(14)24-13-7-10-16(22)20-11-12-21-18(23)19(3,4)5/h6,8-9H,7,10-13H2,1-5H3,(H,20,22)(H,21,23). The second-order valence-electron chi connectivity index (χ2n) is 7.03. The van der Waals surface area contributed by atoms with Gasteiger partial charge in [0.25, 0.3) is 0 Å². The van der Waals surface area contributed by atoms with Gasteiger partial charge in [-0.25, -0.2) is 0 Å². The lowest BCUT2D eigenvalue weighted by Gasteiger charge is -2.17. The van der Waals surface area contributed by atoms with Crippen LogP contribution in [0.3, 0.4) is 0 Å². The molecule has 0 atom stereocenters. The van der Waals surface area contributed by atoms with E-state index in [2.05, 4.69) is 10.6 Å². The normalized spacial score (nSPS) is 11.0. The fourth-order valence-electron chi connectivity index (χ4n) is 2.17. The van der Waals surface area contributed by atoms with Crippen molar-refractivity contribution in [3.8, 4) is 5.75 Å². The molecular weight excluding hydrogens is 304 g/mol. The van der Waals surface area contributed by atoms with Crippen molar-refractivity contribution in [2.75, 3.05) is 19.7 Å². The van der Waals surface area contributed by atoms with Gasteiger partial charge in [-0.1, -0.05) is 39.0 Å². The van der Waals surface area contributed by atoms with E-state index in [0.717, 1.165) is 16.9 Å². The Morgan fingerprint density at radius 3 is 2.21 bits per heavy atom. The van der Waals surface area contributed by atoms with Crippen molar-refractivity contribution in [2.45, 2.75) is 47.5 Å². The van der Waals surface area contributed by atoms with Crippen LogP contribution >= 0.6 is 0 Å². The Morgan fingerprint density at radius 1 is 1.04 bits per heavy atom. The van der Waals surface area contributed by atoms with Crippen molar-refractivity contribution in [1.82, 2.24) is 10.6 Å². The number of benzene rings is 1. The van der Waals surface area contributed by atoms with Crippen molar-refractivity contribution >= 4 is 11.8 Å². The number of carbonyl (C=O) groups is 2. The first kappa shape index (κ1) is 20.0. The number of para-hydroxylation sites is 1. The highest BCUT2D eigenvalue weighted by molar-refractivity contribution is 5.81. The zero-order valence-electron chi connectivity index (χ0n) is 15.5. The monoisotopic (exact) mass is 334 g/mol. The first-order valence-electron chi connectivity index (χ1n) is 8.46. The lowest BCUT2D eigenvalue weighted by molar-refractivity contribution is -0.128. The maximum atomic E-state index is 11.8. The molecule has 0 aromatic heterocycles. The van der Waals surface area contributed by atoms with Gasteiger partial charge in [0, 0.05) is 24.9 Å². The van der Waals surface area contributed by atoms with E-state index in [1.54, 1.807) is 0 Å². The molecular formula is C19H30N2O3. The third-order valence-electron chi connectivity index (χ3n) is 3.62. The van der Waals surface area contributed by atoms with Gasteiger partial charge in [0.15, 0.2) is 0 Å². The van der Waals surface area contributed by atoms with Crippen LogP contribution in [0.25, 0.3) is 0 Å². The largest absolute Gasteiger partial charge is 0.493 e. The highest BCUT2D eigenvalue weighted by atomic mass is 16.5. The van der Waals surface area contributed by atoms with E-state index >= 15 is 0 Å². The highest BCUT2D eigenvalue weighted by Crippen LogP contribution is 2.22. The molecule has 1 aromatic rings. The molecule has 2 N–H and O–H groups in total. The first-order valence-corrected chi connectivity index (χ1v) is 8.46. The van der Waals surface area contributed by atoms with Gasteiger partial charge in [0.05, 0.1) is 6.61 Å². The van der Waals surface area contributed by atoms with Gasteiger partial charge in [0.1, 0.15) is 5.75 Å². The number of aryl methyl sites for hydroxylation is 2. The Balaban J connectivity index is 2.16. The van der Waals surface area contributed by atoms with E-state index < -0.39 is 5.41 Å². The quantitative estimate of drug-likeness (QED) is 0.718. The molecule has 0 aliphatic carbocycles. The van der Waals surface area contributed by atoms with Gasteiger partial charge in [-0.15, -0.1) is 0 Å². The van der Waals surface area contributed by atoms with E-state index in [1.807, 2.05) is 52.8 Å². The van der Waals surface area contributed by atoms with Crippen LogP contribution in [0.5, 0.6) is 5.75 Å². The maximum Gasteiger partial charge on any atom is 0.225 e. The predicted molar refractivity (Wildman–Crippen MR) is 96.1 cm³/mol. The minimum absolute atomic E-state index is 0.0150. The summed E-state index contributed by atoms with van der Waals surface area (Å²) in [6, 6.07) is 6.03. The minimum Gasteiger partial charge on any atom is -0.493 e. The summed E-state index contributed by atoms with van der Waals surface area (Å²) in [4.78, 5) is 23.4. The van der Waals surface area contributed by atoms with Gasteiger partial charge in [-0.2, -0.15) is 0 Å². The molecule has 1 rings (SSSR count). The number of hydrogen-bond donors (Lipinski definition) is 2. The Labute approximate surface area is 145 Å². The molecule has 134 valence electrons. The van der Waals surface area contributed by atoms with Crippen LogP contribution in [0.4, 0.5) is 0 Å². The molecule has 5 nitrogen and oxygen atoms in total. The second-order valence-corrected chi connectivity index (χ2v) is 7.03. The van der Waals surface area contributed by atoms with Crippen LogP contribution in [0.15, 0.2) is 18.2 Å². The molecule has 2 amide bonds. The molecule has 0 bridgehead atoms. The van der Waals surface area contributed by atoms with Crippen LogP contribution < -0.4 is 15.4 Å². The van der Waals surface area contributed by atoms with Crippen molar-refractivity contribution < 1.29 is 14.3 Å². The summed E-state index contributed by atoms with van der Waals surface area (Å²) in [6.07, 6.45) is 1.08. The van der Waals surface area contributed by atoms with Crippen molar-refractivity contribution in [2.24, 2.45) is 5.41 Å². The maximum absolute atomic E-state index is 11.8. The molecule has 0 fully saturated rings. The van der Waals surface area contributed by atoms with E-state index in [0.29, 0.717) is 32.5 Å². The Morgan fingerprint density at radius 2 is 1.62 bits per heavy atom. The number of rotatable bonds is 8. The predicted octanol–water partition coefficient (Wildman–Crippen LogP) is 2.74. The number of hydrogen-bond acceptors (Lipinski definition) is 3. The van der Waals surface area contributed by atoms with E-state index in [9.17, 15) is 9.59 Å². The van der Waals surface area contributed by atoms with Crippen LogP contribution in [0, 0.1) is 19.3 Å². The summed E-state index contributed by atoms with van der Waals surface area (Å²) in [5.74, 6) is 0.867. The van der Waals surface area contributed by atoms with Crippen molar-refractivity contribution in [3.63, 3.8) is 0 Å². The first-order chi connectivity index (χ1) is 11.2. The molecule has 24 heavy (non-hydrogen) atoms. The average Bonchev–Trinajstić information content (AvgIpc) is 2.49. The van der Waals surface area contributed by atoms with Crippen molar-refractivity contribution in [3.05, 3.63) is 29.3 Å². The number of nitrogens with one attached hydrogen (secondary N) is 2. The van der Waals surface area contributed by atoms with Gasteiger partial charge in [-0.3, -0.25) is 9.59 Å². The number of carbonyl (C=O) groups excluding carboxylic acids is 2. The molecule has 0 saturated heterocycles. The van der Waals surface area contributed by atoms with Gasteiger partial charge >= 0.3 is 0 Å². The molecule has 5 heteroatoms. The summed E-state index contributed by atoms with van der Waals surface area (Å²) in [5, 5.41) is 5.60. The summed E-state index contributed by atoms with van der Waals surface area (Å²) >= 11 is 0. The Kier molecular flexibility index (Phi) is 7.75. The molecule has 0 spiro atoms. The zero-order chi connectivity index (χ0) is 18.2. The summed E-state index contributed by atoms with van der Waals surface area (Å²) in [6.45, 7) is 11.0. The fourth-order valence-corrected chi connectivity index (χ4v) is 2.17. The number of amides is 2. The Hall–Kier alpha value is -2.04. The van der Waals surface area contributed by atoms with Crippen LogP contribution in [0.2, 0.25) is 0 Å². The van der Waals surface area contributed by atoms with Crippen LogP contribution in [-0.4, -0.2) is 31.5 Å². The lowest BCUT2D eigenvalue weighted by Crippen LogP contribution is -2.39. The molecule has 0 saturated carbocycles. The highest BCUT2D eigenvalue weighted by Gasteiger charge is 2.20. The van der Waals surface area contributed by atoms with Gasteiger partial charge < -0.3 is 15.4 Å². The third kappa shape index (κ3) is 7.02. The smallest absolute Gasteiger partial charge is 0.225 e. The molecule has 0 heterocycles. The zero-order valence-corrected chi connectivity index (χ0v) is 15.5. The molecule has 0 unspecified atom stereocenters. The molecule has 0 radical (unpaired) electrons. The van der Waals surface area contributed by atoms with Gasteiger partial charge in [-0.05, 0) is 31.4 Å².